The van der Waals surface area contributed by atoms with Crippen LogP contribution in [-0.2, 0) is 0 Å². The average Bonchev–Trinajstić information content (AvgIpc) is 2.47. The number of halogens is 2. The summed E-state index contributed by atoms with van der Waals surface area (Å²) in [7, 11) is 0. The molecule has 0 aliphatic carbocycles. The van der Waals surface area contributed by atoms with Gasteiger partial charge >= 0.3 is 0 Å². The summed E-state index contributed by atoms with van der Waals surface area (Å²) in [6, 6.07) is 5.31. The lowest BCUT2D eigenvalue weighted by Gasteiger charge is -2.18. The van der Waals surface area contributed by atoms with Gasteiger partial charge in [0.15, 0.2) is 5.11 Å². The Morgan fingerprint density at radius 3 is 2.48 bits per heavy atom. The Bertz CT molecular complexity index is 470. The fraction of sp³-hybridized carbons (Fsp3) is 0.429. The smallest absolute Gasteiger partial charge is 0.187 e. The van der Waals surface area contributed by atoms with Crippen molar-refractivity contribution in [1.29, 1.82) is 0 Å². The molecule has 0 fully saturated rings. The van der Waals surface area contributed by atoms with Crippen molar-refractivity contribution in [2.45, 2.75) is 13.8 Å². The van der Waals surface area contributed by atoms with Crippen molar-refractivity contribution in [1.82, 2.24) is 15.6 Å². The number of rotatable bonds is 7. The lowest BCUT2D eigenvalue weighted by atomic mass is 10.2. The normalized spacial score (nSPS) is 11.1. The highest BCUT2D eigenvalue weighted by Gasteiger charge is 2.02. The van der Waals surface area contributed by atoms with Gasteiger partial charge in [-0.05, 0) is 37.4 Å². The van der Waals surface area contributed by atoms with Gasteiger partial charge < -0.3 is 10.2 Å². The van der Waals surface area contributed by atoms with Crippen molar-refractivity contribution in [2.75, 3.05) is 26.2 Å². The molecule has 1 aromatic carbocycles. The number of hydrogen-bond donors (Lipinski definition) is 2. The molecule has 0 saturated heterocycles. The Hall–Kier alpha value is -0.880. The summed E-state index contributed by atoms with van der Waals surface area (Å²) in [5.41, 5.74) is 3.42. The molecule has 116 valence electrons. The quantitative estimate of drug-likeness (QED) is 0.452. The monoisotopic (exact) mass is 346 g/mol. The van der Waals surface area contributed by atoms with Crippen LogP contribution in [-0.4, -0.2) is 42.4 Å². The zero-order valence-corrected chi connectivity index (χ0v) is 14.5. The average molecular weight is 347 g/mol. The Morgan fingerprint density at radius 1 is 1.29 bits per heavy atom. The molecule has 0 saturated carbocycles. The van der Waals surface area contributed by atoms with E-state index >= 15 is 0 Å². The summed E-state index contributed by atoms with van der Waals surface area (Å²) in [4.78, 5) is 2.31. The Balaban J connectivity index is 2.38. The Labute approximate surface area is 141 Å². The highest BCUT2D eigenvalue weighted by atomic mass is 35.5. The second-order valence-electron chi connectivity index (χ2n) is 4.29. The maximum Gasteiger partial charge on any atom is 0.187 e. The van der Waals surface area contributed by atoms with E-state index < -0.39 is 0 Å². The summed E-state index contributed by atoms with van der Waals surface area (Å²) < 4.78 is 0. The lowest BCUT2D eigenvalue weighted by molar-refractivity contribution is 0.308. The molecule has 0 amide bonds. The van der Waals surface area contributed by atoms with Crippen LogP contribution in [0, 0.1) is 0 Å². The minimum atomic E-state index is 0.474. The van der Waals surface area contributed by atoms with Crippen LogP contribution < -0.4 is 10.7 Å². The van der Waals surface area contributed by atoms with Crippen molar-refractivity contribution >= 4 is 46.7 Å². The van der Waals surface area contributed by atoms with Crippen LogP contribution in [0.2, 0.25) is 10.0 Å². The number of benzene rings is 1. The SMILES string of the molecule is CCN(CC)CCNC(=S)N/N=C/c1c(Cl)cccc1Cl. The Morgan fingerprint density at radius 2 is 1.90 bits per heavy atom. The molecule has 0 unspecified atom stereocenters. The highest BCUT2D eigenvalue weighted by Crippen LogP contribution is 2.21. The standard InChI is InChI=1S/C14H20Cl2N4S/c1-3-20(4-2)9-8-17-14(21)19-18-10-11-12(15)6-5-7-13(11)16/h5-7,10H,3-4,8-9H2,1-2H3,(H2,17,19,21)/b18-10+. The second-order valence-corrected chi connectivity index (χ2v) is 5.51. The highest BCUT2D eigenvalue weighted by molar-refractivity contribution is 7.80. The third kappa shape index (κ3) is 6.61. The summed E-state index contributed by atoms with van der Waals surface area (Å²) >= 11 is 17.2. The van der Waals surface area contributed by atoms with E-state index in [2.05, 4.69) is 34.6 Å². The van der Waals surface area contributed by atoms with Crippen LogP contribution in [0.4, 0.5) is 0 Å². The van der Waals surface area contributed by atoms with Gasteiger partial charge in [0.2, 0.25) is 0 Å². The van der Waals surface area contributed by atoms with E-state index in [1.54, 1.807) is 24.4 Å². The minimum absolute atomic E-state index is 0.474. The van der Waals surface area contributed by atoms with E-state index in [0.717, 1.165) is 26.2 Å². The number of likely N-dealkylation sites (N-methyl/N-ethyl adjacent to an activating group) is 1. The van der Waals surface area contributed by atoms with E-state index in [1.807, 2.05) is 0 Å². The summed E-state index contributed by atoms with van der Waals surface area (Å²) in [6.45, 7) is 8.04. The van der Waals surface area contributed by atoms with E-state index in [1.165, 1.54) is 0 Å². The van der Waals surface area contributed by atoms with Gasteiger partial charge in [0.25, 0.3) is 0 Å². The second kappa shape index (κ2) is 9.95. The first-order chi connectivity index (χ1) is 10.1. The molecule has 1 aromatic rings. The molecule has 4 nitrogen and oxygen atoms in total. The molecule has 0 bridgehead atoms. The molecule has 0 aliphatic rings. The lowest BCUT2D eigenvalue weighted by Crippen LogP contribution is -2.38. The van der Waals surface area contributed by atoms with Crippen LogP contribution in [0.5, 0.6) is 0 Å². The summed E-state index contributed by atoms with van der Waals surface area (Å²) in [6.07, 6.45) is 1.56. The number of nitrogens with one attached hydrogen (secondary N) is 2. The fourth-order valence-electron chi connectivity index (χ4n) is 1.70. The molecule has 0 aromatic heterocycles. The molecular weight excluding hydrogens is 327 g/mol. The molecule has 0 atom stereocenters. The van der Waals surface area contributed by atoms with Crippen molar-refractivity contribution in [3.8, 4) is 0 Å². The first-order valence-corrected chi connectivity index (χ1v) is 7.98. The molecule has 1 rings (SSSR count). The summed E-state index contributed by atoms with van der Waals surface area (Å²) in [5.74, 6) is 0. The molecular formula is C14H20Cl2N4S. The van der Waals surface area contributed by atoms with Crippen molar-refractivity contribution < 1.29 is 0 Å². The first kappa shape index (κ1) is 18.2. The Kier molecular flexibility index (Phi) is 8.61. The molecule has 0 spiro atoms. The number of hydrazone groups is 1. The topological polar surface area (TPSA) is 39.7 Å². The van der Waals surface area contributed by atoms with Gasteiger partial charge in [-0.25, -0.2) is 0 Å². The molecule has 0 aliphatic heterocycles. The van der Waals surface area contributed by atoms with Gasteiger partial charge in [-0.1, -0.05) is 43.1 Å². The predicted octanol–water partition coefficient (Wildman–Crippen LogP) is 3.13. The third-order valence-electron chi connectivity index (χ3n) is 2.97. The van der Waals surface area contributed by atoms with Gasteiger partial charge in [0, 0.05) is 18.7 Å². The van der Waals surface area contributed by atoms with E-state index in [9.17, 15) is 0 Å². The molecule has 21 heavy (non-hydrogen) atoms. The van der Waals surface area contributed by atoms with Gasteiger partial charge in [-0.15, -0.1) is 0 Å². The molecule has 0 heterocycles. The molecule has 7 heteroatoms. The number of hydrogen-bond acceptors (Lipinski definition) is 3. The van der Waals surface area contributed by atoms with Crippen LogP contribution in [0.15, 0.2) is 23.3 Å². The maximum atomic E-state index is 6.04. The van der Waals surface area contributed by atoms with Crippen molar-refractivity contribution in [2.24, 2.45) is 5.10 Å². The van der Waals surface area contributed by atoms with Crippen LogP contribution in [0.25, 0.3) is 0 Å². The van der Waals surface area contributed by atoms with Crippen LogP contribution in [0.1, 0.15) is 19.4 Å². The van der Waals surface area contributed by atoms with Gasteiger partial charge in [0.1, 0.15) is 0 Å². The minimum Gasteiger partial charge on any atom is -0.360 e. The van der Waals surface area contributed by atoms with E-state index in [0.29, 0.717) is 20.7 Å². The van der Waals surface area contributed by atoms with Crippen LogP contribution >= 0.6 is 35.4 Å². The van der Waals surface area contributed by atoms with Crippen molar-refractivity contribution in [3.05, 3.63) is 33.8 Å². The zero-order chi connectivity index (χ0) is 15.7. The van der Waals surface area contributed by atoms with E-state index in [4.69, 9.17) is 35.4 Å². The first-order valence-electron chi connectivity index (χ1n) is 6.81. The van der Waals surface area contributed by atoms with Crippen molar-refractivity contribution in [3.63, 3.8) is 0 Å². The van der Waals surface area contributed by atoms with Gasteiger partial charge in [-0.2, -0.15) is 5.10 Å². The van der Waals surface area contributed by atoms with Crippen LogP contribution in [0.3, 0.4) is 0 Å². The molecule has 0 radical (unpaired) electrons. The predicted molar refractivity (Wildman–Crippen MR) is 95.6 cm³/mol. The molecule has 2 N–H and O–H groups in total. The van der Waals surface area contributed by atoms with Gasteiger partial charge in [-0.3, -0.25) is 5.43 Å². The third-order valence-corrected chi connectivity index (χ3v) is 3.86. The number of thiocarbonyl (C=S) groups is 1. The zero-order valence-electron chi connectivity index (χ0n) is 12.2. The largest absolute Gasteiger partial charge is 0.360 e. The van der Waals surface area contributed by atoms with Gasteiger partial charge in [0.05, 0.1) is 16.3 Å². The fourth-order valence-corrected chi connectivity index (χ4v) is 2.35. The maximum absolute atomic E-state index is 6.04. The van der Waals surface area contributed by atoms with E-state index in [-0.39, 0.29) is 0 Å². The summed E-state index contributed by atoms with van der Waals surface area (Å²) in [5, 5.41) is 8.71. The number of nitrogens with zero attached hydrogens (tertiary/aromatic N) is 2.